The minimum absolute atomic E-state index is 0.0306. The number of rotatable bonds is 4. The van der Waals surface area contributed by atoms with Gasteiger partial charge >= 0.3 is 5.97 Å². The van der Waals surface area contributed by atoms with Crippen molar-refractivity contribution in [2.24, 2.45) is 0 Å². The summed E-state index contributed by atoms with van der Waals surface area (Å²) in [4.78, 5) is 14.6. The third kappa shape index (κ3) is 3.28. The highest BCUT2D eigenvalue weighted by atomic mass is 32.1. The molecule has 0 atom stereocenters. The van der Waals surface area contributed by atoms with E-state index in [9.17, 15) is 4.79 Å². The predicted molar refractivity (Wildman–Crippen MR) is 63.1 cm³/mol. The van der Waals surface area contributed by atoms with Gasteiger partial charge in [-0.3, -0.25) is 0 Å². The molecule has 0 spiro atoms. The second kappa shape index (κ2) is 5.41. The molecular weight excluding hydrogens is 212 g/mol. The van der Waals surface area contributed by atoms with E-state index in [0.29, 0.717) is 0 Å². The van der Waals surface area contributed by atoms with Crippen molar-refractivity contribution in [2.45, 2.75) is 6.42 Å². The normalized spacial score (nSPS) is 10.7. The third-order valence-electron chi connectivity index (χ3n) is 1.78. The molecule has 0 unspecified atom stereocenters. The molecule has 0 radical (unpaired) electrons. The Morgan fingerprint density at radius 2 is 2.40 bits per heavy atom. The molecule has 0 aliphatic heterocycles. The molecule has 1 rings (SSSR count). The minimum Gasteiger partial charge on any atom is -0.478 e. The number of hydrogen-bond donors (Lipinski definition) is 3. The van der Waals surface area contributed by atoms with Crippen LogP contribution >= 0.6 is 12.6 Å². The van der Waals surface area contributed by atoms with Crippen molar-refractivity contribution in [3.8, 4) is 0 Å². The van der Waals surface area contributed by atoms with E-state index < -0.39 is 5.97 Å². The van der Waals surface area contributed by atoms with Gasteiger partial charge in [-0.1, -0.05) is 12.2 Å². The van der Waals surface area contributed by atoms with Crippen LogP contribution in [0.4, 0.5) is 5.82 Å². The van der Waals surface area contributed by atoms with Crippen molar-refractivity contribution in [2.75, 3.05) is 11.5 Å². The molecule has 0 saturated carbocycles. The highest BCUT2D eigenvalue weighted by Gasteiger charge is 2.08. The molecule has 3 N–H and O–H groups in total. The van der Waals surface area contributed by atoms with Gasteiger partial charge in [0, 0.05) is 6.20 Å². The number of aromatic carboxylic acids is 1. The van der Waals surface area contributed by atoms with Crippen LogP contribution in [0.15, 0.2) is 18.3 Å². The lowest BCUT2D eigenvalue weighted by Gasteiger charge is -2.00. The Balaban J connectivity index is 2.92. The fraction of sp³-hybridized carbons (Fsp3) is 0.200. The van der Waals surface area contributed by atoms with Gasteiger partial charge in [-0.05, 0) is 23.8 Å². The summed E-state index contributed by atoms with van der Waals surface area (Å²) in [6.45, 7) is 0. The molecule has 80 valence electrons. The monoisotopic (exact) mass is 224 g/mol. The Hall–Kier alpha value is -1.49. The maximum atomic E-state index is 10.7. The van der Waals surface area contributed by atoms with Crippen LogP contribution in [0.1, 0.15) is 22.3 Å². The number of pyridine rings is 1. The summed E-state index contributed by atoms with van der Waals surface area (Å²) < 4.78 is 0. The lowest BCUT2D eigenvalue weighted by molar-refractivity contribution is 0.0697. The molecule has 1 aromatic rings. The van der Waals surface area contributed by atoms with Gasteiger partial charge in [-0.2, -0.15) is 12.6 Å². The number of thiol groups is 1. The number of carbonyl (C=O) groups is 1. The van der Waals surface area contributed by atoms with Gasteiger partial charge in [-0.15, -0.1) is 0 Å². The minimum atomic E-state index is -1.07. The summed E-state index contributed by atoms with van der Waals surface area (Å²) in [7, 11) is 0. The Morgan fingerprint density at radius 3 is 3.00 bits per heavy atom. The first-order valence-electron chi connectivity index (χ1n) is 4.41. The van der Waals surface area contributed by atoms with Gasteiger partial charge < -0.3 is 10.8 Å². The highest BCUT2D eigenvalue weighted by Crippen LogP contribution is 2.12. The molecule has 0 amide bonds. The second-order valence-electron chi connectivity index (χ2n) is 2.92. The van der Waals surface area contributed by atoms with Crippen molar-refractivity contribution in [3.63, 3.8) is 0 Å². The van der Waals surface area contributed by atoms with Crippen molar-refractivity contribution >= 4 is 30.5 Å². The average Bonchev–Trinajstić information content (AvgIpc) is 2.20. The molecule has 5 heteroatoms. The first kappa shape index (κ1) is 11.6. The first-order chi connectivity index (χ1) is 7.15. The fourth-order valence-electron chi connectivity index (χ4n) is 1.05. The third-order valence-corrected chi connectivity index (χ3v) is 2.03. The Labute approximate surface area is 93.2 Å². The highest BCUT2D eigenvalue weighted by molar-refractivity contribution is 7.80. The number of hydrogen-bond acceptors (Lipinski definition) is 4. The Morgan fingerprint density at radius 1 is 1.67 bits per heavy atom. The number of nitrogens with two attached hydrogens (primary N) is 1. The van der Waals surface area contributed by atoms with E-state index in [-0.39, 0.29) is 11.4 Å². The molecule has 0 bridgehead atoms. The van der Waals surface area contributed by atoms with E-state index >= 15 is 0 Å². The summed E-state index contributed by atoms with van der Waals surface area (Å²) in [6, 6.07) is 1.50. The number of aromatic nitrogens is 1. The van der Waals surface area contributed by atoms with Gasteiger partial charge in [0.1, 0.15) is 11.4 Å². The molecule has 1 aromatic heterocycles. The van der Waals surface area contributed by atoms with Crippen LogP contribution in [0.25, 0.3) is 6.08 Å². The van der Waals surface area contributed by atoms with Crippen LogP contribution in [0.2, 0.25) is 0 Å². The fourth-order valence-corrected chi connectivity index (χ4v) is 1.20. The first-order valence-corrected chi connectivity index (χ1v) is 5.04. The zero-order valence-corrected chi connectivity index (χ0v) is 8.95. The maximum absolute atomic E-state index is 10.7. The molecular formula is C10H12N2O2S. The summed E-state index contributed by atoms with van der Waals surface area (Å²) >= 11 is 4.06. The van der Waals surface area contributed by atoms with Crippen molar-refractivity contribution in [1.29, 1.82) is 0 Å². The molecule has 0 fully saturated rings. The summed E-state index contributed by atoms with van der Waals surface area (Å²) in [5.74, 6) is -0.275. The number of nitrogens with zero attached hydrogens (tertiary/aromatic N) is 1. The van der Waals surface area contributed by atoms with Crippen LogP contribution in [0.5, 0.6) is 0 Å². The van der Waals surface area contributed by atoms with Crippen LogP contribution in [-0.4, -0.2) is 21.8 Å². The quantitative estimate of drug-likeness (QED) is 0.680. The molecule has 4 nitrogen and oxygen atoms in total. The summed E-state index contributed by atoms with van der Waals surface area (Å²) in [5, 5.41) is 8.81. The van der Waals surface area contributed by atoms with Crippen LogP contribution in [0, 0.1) is 0 Å². The summed E-state index contributed by atoms with van der Waals surface area (Å²) in [5.41, 5.74) is 6.17. The smallest absolute Gasteiger partial charge is 0.339 e. The lowest BCUT2D eigenvalue weighted by atomic mass is 10.1. The van der Waals surface area contributed by atoms with Gasteiger partial charge in [0.05, 0.1) is 0 Å². The Kier molecular flexibility index (Phi) is 4.17. The molecule has 1 heterocycles. The Bertz CT molecular complexity index is 391. The SMILES string of the molecule is Nc1ncc(C=CCCS)cc1C(=O)O. The van der Waals surface area contributed by atoms with Crippen molar-refractivity contribution in [3.05, 3.63) is 29.5 Å². The standard InChI is InChI=1S/C10H12N2O2S/c11-9-8(10(13)14)5-7(6-12-9)3-1-2-4-15/h1,3,5-6,15H,2,4H2,(H2,11,12)(H,13,14). The number of carboxylic acid groups (broad SMARTS) is 1. The van der Waals surface area contributed by atoms with Gasteiger partial charge in [0.2, 0.25) is 0 Å². The maximum Gasteiger partial charge on any atom is 0.339 e. The number of anilines is 1. The van der Waals surface area contributed by atoms with E-state index in [1.54, 1.807) is 6.08 Å². The molecule has 0 aliphatic carbocycles. The summed E-state index contributed by atoms with van der Waals surface area (Å²) in [6.07, 6.45) is 6.08. The molecule has 15 heavy (non-hydrogen) atoms. The zero-order chi connectivity index (χ0) is 11.3. The van der Waals surface area contributed by atoms with Crippen molar-refractivity contribution in [1.82, 2.24) is 4.98 Å². The van der Waals surface area contributed by atoms with Gasteiger partial charge in [0.25, 0.3) is 0 Å². The van der Waals surface area contributed by atoms with E-state index in [1.165, 1.54) is 12.3 Å². The predicted octanol–water partition coefficient (Wildman–Crippen LogP) is 1.70. The van der Waals surface area contributed by atoms with Crippen LogP contribution < -0.4 is 5.73 Å². The topological polar surface area (TPSA) is 76.2 Å². The number of carboxylic acids is 1. The lowest BCUT2D eigenvalue weighted by Crippen LogP contribution is -2.04. The van der Waals surface area contributed by atoms with E-state index in [0.717, 1.165) is 17.7 Å². The molecule has 0 aliphatic rings. The second-order valence-corrected chi connectivity index (χ2v) is 3.37. The molecule has 0 saturated heterocycles. The average molecular weight is 224 g/mol. The zero-order valence-electron chi connectivity index (χ0n) is 8.05. The van der Waals surface area contributed by atoms with Gasteiger partial charge in [-0.25, -0.2) is 9.78 Å². The van der Waals surface area contributed by atoms with E-state index in [2.05, 4.69) is 17.6 Å². The number of allylic oxidation sites excluding steroid dienone is 1. The largest absolute Gasteiger partial charge is 0.478 e. The van der Waals surface area contributed by atoms with E-state index in [4.69, 9.17) is 10.8 Å². The van der Waals surface area contributed by atoms with E-state index in [1.807, 2.05) is 6.08 Å². The molecule has 0 aromatic carbocycles. The number of nitrogen functional groups attached to an aromatic ring is 1. The van der Waals surface area contributed by atoms with Crippen LogP contribution in [0.3, 0.4) is 0 Å². The van der Waals surface area contributed by atoms with Crippen LogP contribution in [-0.2, 0) is 0 Å². The van der Waals surface area contributed by atoms with Gasteiger partial charge in [0.15, 0.2) is 0 Å². The van der Waals surface area contributed by atoms with Crippen molar-refractivity contribution < 1.29 is 9.90 Å².